The fourth-order valence-corrected chi connectivity index (χ4v) is 1.15. The second-order valence-corrected chi connectivity index (χ2v) is 3.39. The lowest BCUT2D eigenvalue weighted by Crippen LogP contribution is -2.30. The number of nitriles is 1. The maximum Gasteiger partial charge on any atom is 0.326 e. The smallest absolute Gasteiger partial charge is 0.326 e. The summed E-state index contributed by atoms with van der Waals surface area (Å²) in [5.74, 6) is -1.12. The van der Waals surface area contributed by atoms with Gasteiger partial charge in [0, 0.05) is 0 Å². The zero-order valence-corrected chi connectivity index (χ0v) is 9.61. The van der Waals surface area contributed by atoms with Gasteiger partial charge in [-0.25, -0.2) is 0 Å². The van der Waals surface area contributed by atoms with E-state index in [0.717, 1.165) is 0 Å². The first-order chi connectivity index (χ1) is 7.63. The van der Waals surface area contributed by atoms with Crippen LogP contribution in [0.2, 0.25) is 0 Å². The Labute approximate surface area is 99.3 Å². The number of rotatable bonds is 4. The Morgan fingerprint density at radius 2 is 2.31 bits per heavy atom. The molecule has 0 fully saturated rings. The molecule has 0 aliphatic carbocycles. The first kappa shape index (κ1) is 12.3. The van der Waals surface area contributed by atoms with E-state index in [4.69, 9.17) is 9.68 Å². The number of amides is 1. The van der Waals surface area contributed by atoms with Gasteiger partial charge in [0.2, 0.25) is 0 Å². The van der Waals surface area contributed by atoms with Gasteiger partial charge in [-0.1, -0.05) is 0 Å². The minimum atomic E-state index is -0.680. The van der Waals surface area contributed by atoms with Gasteiger partial charge in [-0.15, -0.1) is 0 Å². The molecule has 0 atom stereocenters. The van der Waals surface area contributed by atoms with E-state index in [2.05, 4.69) is 26.0 Å². The van der Waals surface area contributed by atoms with Crippen LogP contribution in [-0.4, -0.2) is 25.0 Å². The van der Waals surface area contributed by atoms with E-state index < -0.39 is 11.9 Å². The average Bonchev–Trinajstić information content (AvgIpc) is 2.69. The number of hydrogen-bond acceptors (Lipinski definition) is 5. The Morgan fingerprint density at radius 1 is 1.56 bits per heavy atom. The van der Waals surface area contributed by atoms with Crippen molar-refractivity contribution in [1.29, 1.82) is 5.26 Å². The molecule has 0 aliphatic rings. The molecule has 7 heteroatoms. The second kappa shape index (κ2) is 5.92. The summed E-state index contributed by atoms with van der Waals surface area (Å²) >= 11 is 3.04. The van der Waals surface area contributed by atoms with Gasteiger partial charge in [0.05, 0.1) is 0 Å². The molecule has 1 aromatic rings. The molecule has 1 aromatic heterocycles. The summed E-state index contributed by atoms with van der Waals surface area (Å²) in [7, 11) is 0. The summed E-state index contributed by atoms with van der Waals surface area (Å²) < 4.78 is 9.81. The molecule has 84 valence electrons. The zero-order chi connectivity index (χ0) is 12.0. The number of esters is 1. The van der Waals surface area contributed by atoms with Gasteiger partial charge < -0.3 is 14.5 Å². The van der Waals surface area contributed by atoms with Crippen LogP contribution in [0.15, 0.2) is 21.2 Å². The standard InChI is InChI=1S/C9H7BrN2O4/c10-7-2-1-6(16-7)9(14)12-5-8(13)15-4-3-11/h1-2H,4-5H2,(H,12,14). The largest absolute Gasteiger partial charge is 0.449 e. The molecular weight excluding hydrogens is 280 g/mol. The number of nitrogens with one attached hydrogen (secondary N) is 1. The lowest BCUT2D eigenvalue weighted by Gasteiger charge is -2.01. The number of hydrogen-bond donors (Lipinski definition) is 1. The maximum atomic E-state index is 11.3. The minimum absolute atomic E-state index is 0.0833. The molecule has 0 aliphatic heterocycles. The van der Waals surface area contributed by atoms with E-state index in [9.17, 15) is 9.59 Å². The molecule has 0 unspecified atom stereocenters. The van der Waals surface area contributed by atoms with Crippen molar-refractivity contribution >= 4 is 27.8 Å². The zero-order valence-electron chi connectivity index (χ0n) is 8.03. The van der Waals surface area contributed by atoms with E-state index in [-0.39, 0.29) is 18.9 Å². The van der Waals surface area contributed by atoms with Crippen LogP contribution < -0.4 is 5.32 Å². The fourth-order valence-electron chi connectivity index (χ4n) is 0.840. The first-order valence-electron chi connectivity index (χ1n) is 4.19. The van der Waals surface area contributed by atoms with Crippen molar-refractivity contribution in [1.82, 2.24) is 5.32 Å². The van der Waals surface area contributed by atoms with Gasteiger partial charge in [0.25, 0.3) is 5.91 Å². The second-order valence-electron chi connectivity index (χ2n) is 2.61. The first-order valence-corrected chi connectivity index (χ1v) is 4.99. The third-order valence-corrected chi connectivity index (χ3v) is 1.91. The van der Waals surface area contributed by atoms with Gasteiger partial charge in [-0.3, -0.25) is 9.59 Å². The third-order valence-electron chi connectivity index (χ3n) is 1.49. The van der Waals surface area contributed by atoms with Gasteiger partial charge in [-0.05, 0) is 28.1 Å². The van der Waals surface area contributed by atoms with Crippen LogP contribution in [0.4, 0.5) is 0 Å². The normalized spacial score (nSPS) is 9.25. The minimum Gasteiger partial charge on any atom is -0.449 e. The molecule has 1 N–H and O–H groups in total. The van der Waals surface area contributed by atoms with Crippen LogP contribution in [0, 0.1) is 11.3 Å². The van der Waals surface area contributed by atoms with Crippen molar-refractivity contribution in [3.05, 3.63) is 22.6 Å². The molecule has 1 rings (SSSR count). The SMILES string of the molecule is N#CCOC(=O)CNC(=O)c1ccc(Br)o1. The molecule has 0 aromatic carbocycles. The van der Waals surface area contributed by atoms with Gasteiger partial charge >= 0.3 is 5.97 Å². The highest BCUT2D eigenvalue weighted by Crippen LogP contribution is 2.13. The van der Waals surface area contributed by atoms with Crippen molar-refractivity contribution in [2.24, 2.45) is 0 Å². The van der Waals surface area contributed by atoms with Crippen molar-refractivity contribution in [3.8, 4) is 6.07 Å². The topological polar surface area (TPSA) is 92.3 Å². The average molecular weight is 287 g/mol. The van der Waals surface area contributed by atoms with Crippen molar-refractivity contribution in [2.45, 2.75) is 0 Å². The lowest BCUT2D eigenvalue weighted by molar-refractivity contribution is -0.140. The molecule has 1 amide bonds. The lowest BCUT2D eigenvalue weighted by atomic mass is 10.4. The van der Waals surface area contributed by atoms with Crippen LogP contribution in [0.3, 0.4) is 0 Å². The Hall–Kier alpha value is -1.81. The number of nitrogens with zero attached hydrogens (tertiary/aromatic N) is 1. The van der Waals surface area contributed by atoms with Gasteiger partial charge in [-0.2, -0.15) is 5.26 Å². The molecule has 6 nitrogen and oxygen atoms in total. The number of ether oxygens (including phenoxy) is 1. The Bertz CT molecular complexity index is 435. The molecule has 0 spiro atoms. The van der Waals surface area contributed by atoms with Gasteiger partial charge in [0.15, 0.2) is 17.0 Å². The van der Waals surface area contributed by atoms with E-state index in [1.54, 1.807) is 12.1 Å². The van der Waals surface area contributed by atoms with Gasteiger partial charge in [0.1, 0.15) is 12.6 Å². The fraction of sp³-hybridized carbons (Fsp3) is 0.222. The Kier molecular flexibility index (Phi) is 4.54. The summed E-state index contributed by atoms with van der Waals surface area (Å²) in [5, 5.41) is 10.4. The summed E-state index contributed by atoms with van der Waals surface area (Å²) in [6.07, 6.45) is 0. The molecule has 0 radical (unpaired) electrons. The molecular formula is C9H7BrN2O4. The molecule has 0 saturated heterocycles. The van der Waals surface area contributed by atoms with Crippen LogP contribution in [-0.2, 0) is 9.53 Å². The third kappa shape index (κ3) is 3.74. The van der Waals surface area contributed by atoms with E-state index in [1.165, 1.54) is 6.07 Å². The van der Waals surface area contributed by atoms with Crippen molar-refractivity contribution < 1.29 is 18.7 Å². The number of halogens is 1. The molecule has 16 heavy (non-hydrogen) atoms. The Morgan fingerprint density at radius 3 is 2.88 bits per heavy atom. The van der Waals surface area contributed by atoms with Crippen molar-refractivity contribution in [2.75, 3.05) is 13.2 Å². The molecule has 0 bridgehead atoms. The summed E-state index contributed by atoms with van der Waals surface area (Å²) in [4.78, 5) is 22.3. The van der Waals surface area contributed by atoms with Crippen LogP contribution in [0.5, 0.6) is 0 Å². The number of carbonyl (C=O) groups is 2. The molecule has 0 saturated carbocycles. The number of furan rings is 1. The van der Waals surface area contributed by atoms with E-state index in [1.807, 2.05) is 0 Å². The predicted octanol–water partition coefficient (Wildman–Crippen LogP) is 0.839. The Balaban J connectivity index is 2.36. The predicted molar refractivity (Wildman–Crippen MR) is 55.3 cm³/mol. The summed E-state index contributed by atoms with van der Waals surface area (Å²) in [5.41, 5.74) is 0. The number of carbonyl (C=O) groups excluding carboxylic acids is 2. The maximum absolute atomic E-state index is 11.3. The molecule has 1 heterocycles. The summed E-state index contributed by atoms with van der Waals surface area (Å²) in [6.45, 7) is -0.639. The monoisotopic (exact) mass is 286 g/mol. The van der Waals surface area contributed by atoms with Crippen LogP contribution in [0.25, 0.3) is 0 Å². The van der Waals surface area contributed by atoms with E-state index in [0.29, 0.717) is 4.67 Å². The highest BCUT2D eigenvalue weighted by atomic mass is 79.9. The highest BCUT2D eigenvalue weighted by Gasteiger charge is 2.11. The van der Waals surface area contributed by atoms with Crippen molar-refractivity contribution in [3.63, 3.8) is 0 Å². The summed E-state index contributed by atoms with van der Waals surface area (Å²) in [6, 6.07) is 4.66. The van der Waals surface area contributed by atoms with Crippen LogP contribution in [0.1, 0.15) is 10.6 Å². The van der Waals surface area contributed by atoms with Crippen LogP contribution >= 0.6 is 15.9 Å². The highest BCUT2D eigenvalue weighted by molar-refractivity contribution is 9.10. The quantitative estimate of drug-likeness (QED) is 0.828. The van der Waals surface area contributed by atoms with E-state index >= 15 is 0 Å².